The van der Waals surface area contributed by atoms with Gasteiger partial charge in [0.05, 0.1) is 6.10 Å². The average Bonchev–Trinajstić information content (AvgIpc) is 2.45. The molecule has 0 bridgehead atoms. The van der Waals surface area contributed by atoms with Crippen LogP contribution < -0.4 is 10.5 Å². The van der Waals surface area contributed by atoms with Crippen molar-refractivity contribution in [1.29, 1.82) is 0 Å². The Kier molecular flexibility index (Phi) is 5.83. The van der Waals surface area contributed by atoms with E-state index in [1.165, 1.54) is 11.1 Å². The van der Waals surface area contributed by atoms with Gasteiger partial charge in [-0.1, -0.05) is 46.3 Å². The smallest absolute Gasteiger partial charge is 0.119 e. The first-order valence-electron chi connectivity index (χ1n) is 7.30. The van der Waals surface area contributed by atoms with Gasteiger partial charge in [0, 0.05) is 10.4 Å². The van der Waals surface area contributed by atoms with E-state index in [2.05, 4.69) is 46.3 Å². The summed E-state index contributed by atoms with van der Waals surface area (Å²) < 4.78 is 6.88. The summed E-state index contributed by atoms with van der Waals surface area (Å²) in [6.45, 7) is 4.70. The number of hydrogen-bond acceptors (Lipinski definition) is 2. The maximum Gasteiger partial charge on any atom is 0.119 e. The van der Waals surface area contributed by atoms with Crippen molar-refractivity contribution in [2.75, 3.05) is 6.54 Å². The molecule has 2 N–H and O–H groups in total. The molecule has 3 heteroatoms. The lowest BCUT2D eigenvalue weighted by molar-refractivity contribution is 0.242. The quantitative estimate of drug-likeness (QED) is 0.833. The lowest BCUT2D eigenvalue weighted by atomic mass is 9.92. The van der Waals surface area contributed by atoms with Crippen molar-refractivity contribution in [2.24, 2.45) is 5.73 Å². The first kappa shape index (κ1) is 16.1. The molecule has 0 aromatic heterocycles. The van der Waals surface area contributed by atoms with E-state index in [1.54, 1.807) is 0 Å². The van der Waals surface area contributed by atoms with Gasteiger partial charge in [0.1, 0.15) is 5.75 Å². The molecule has 0 spiro atoms. The fourth-order valence-corrected chi connectivity index (χ4v) is 3.04. The van der Waals surface area contributed by atoms with Crippen LogP contribution in [0.2, 0.25) is 0 Å². The molecule has 0 aliphatic carbocycles. The second-order valence-corrected chi connectivity index (χ2v) is 6.33. The molecule has 2 rings (SSSR count). The average molecular weight is 348 g/mol. The molecule has 0 saturated carbocycles. The van der Waals surface area contributed by atoms with Crippen molar-refractivity contribution in [2.45, 2.75) is 32.3 Å². The van der Waals surface area contributed by atoms with Crippen LogP contribution in [-0.2, 0) is 6.42 Å². The molecule has 2 aromatic carbocycles. The topological polar surface area (TPSA) is 35.2 Å². The van der Waals surface area contributed by atoms with Crippen molar-refractivity contribution in [3.8, 4) is 5.75 Å². The highest BCUT2D eigenvalue weighted by Gasteiger charge is 2.14. The normalized spacial score (nSPS) is 12.4. The third-order valence-corrected chi connectivity index (χ3v) is 4.10. The third-order valence-electron chi connectivity index (χ3n) is 3.38. The van der Waals surface area contributed by atoms with Crippen LogP contribution in [0.4, 0.5) is 0 Å². The van der Waals surface area contributed by atoms with Crippen molar-refractivity contribution in [3.05, 3.63) is 64.1 Å². The van der Waals surface area contributed by atoms with Gasteiger partial charge in [-0.25, -0.2) is 0 Å². The van der Waals surface area contributed by atoms with Gasteiger partial charge < -0.3 is 10.5 Å². The molecular weight excluding hydrogens is 326 g/mol. The number of rotatable bonds is 6. The highest BCUT2D eigenvalue weighted by Crippen LogP contribution is 2.28. The van der Waals surface area contributed by atoms with E-state index in [-0.39, 0.29) is 6.10 Å². The Morgan fingerprint density at radius 1 is 1.10 bits per heavy atom. The largest absolute Gasteiger partial charge is 0.491 e. The number of ether oxygens (including phenoxy) is 1. The minimum absolute atomic E-state index is 0.189. The summed E-state index contributed by atoms with van der Waals surface area (Å²) in [5, 5.41) is 0. The van der Waals surface area contributed by atoms with E-state index in [1.807, 2.05) is 32.0 Å². The first-order chi connectivity index (χ1) is 10.1. The Morgan fingerprint density at radius 2 is 1.86 bits per heavy atom. The Bertz CT molecular complexity index is 583. The monoisotopic (exact) mass is 347 g/mol. The Labute approximate surface area is 135 Å². The van der Waals surface area contributed by atoms with Crippen molar-refractivity contribution in [1.82, 2.24) is 0 Å². The Morgan fingerprint density at radius 3 is 2.52 bits per heavy atom. The molecule has 0 amide bonds. The predicted molar refractivity (Wildman–Crippen MR) is 91.8 cm³/mol. The SMILES string of the molecule is CC(C)Oc1cccc(CC(CN)c2ccccc2Br)c1. The van der Waals surface area contributed by atoms with Gasteiger partial charge in [0.2, 0.25) is 0 Å². The molecule has 0 aliphatic heterocycles. The zero-order valence-electron chi connectivity index (χ0n) is 12.6. The van der Waals surface area contributed by atoms with Gasteiger partial charge in [0.15, 0.2) is 0 Å². The summed E-state index contributed by atoms with van der Waals surface area (Å²) >= 11 is 3.62. The van der Waals surface area contributed by atoms with E-state index in [0.717, 1.165) is 16.6 Å². The molecule has 21 heavy (non-hydrogen) atoms. The van der Waals surface area contributed by atoms with Gasteiger partial charge in [-0.3, -0.25) is 0 Å². The molecule has 2 aromatic rings. The van der Waals surface area contributed by atoms with Crippen molar-refractivity contribution >= 4 is 15.9 Å². The van der Waals surface area contributed by atoms with Crippen LogP contribution in [0.25, 0.3) is 0 Å². The zero-order valence-corrected chi connectivity index (χ0v) is 14.1. The molecule has 0 saturated heterocycles. The lowest BCUT2D eigenvalue weighted by Gasteiger charge is -2.18. The standard InChI is InChI=1S/C18H22BrNO/c1-13(2)21-16-7-5-6-14(11-16)10-15(12-20)17-8-3-4-9-18(17)19/h3-9,11,13,15H,10,12,20H2,1-2H3. The fourth-order valence-electron chi connectivity index (χ4n) is 2.43. The van der Waals surface area contributed by atoms with Crippen LogP contribution >= 0.6 is 15.9 Å². The van der Waals surface area contributed by atoms with Crippen molar-refractivity contribution in [3.63, 3.8) is 0 Å². The highest BCUT2D eigenvalue weighted by atomic mass is 79.9. The molecule has 1 unspecified atom stereocenters. The predicted octanol–water partition coefficient (Wildman–Crippen LogP) is 4.52. The molecule has 112 valence electrons. The van der Waals surface area contributed by atoms with Gasteiger partial charge in [-0.15, -0.1) is 0 Å². The number of hydrogen-bond donors (Lipinski definition) is 1. The van der Waals surface area contributed by atoms with Crippen LogP contribution in [-0.4, -0.2) is 12.6 Å². The second-order valence-electron chi connectivity index (χ2n) is 5.47. The second kappa shape index (κ2) is 7.62. The highest BCUT2D eigenvalue weighted by molar-refractivity contribution is 9.10. The maximum atomic E-state index is 5.99. The molecule has 0 heterocycles. The van der Waals surface area contributed by atoms with Gasteiger partial charge in [-0.2, -0.15) is 0 Å². The van der Waals surface area contributed by atoms with E-state index in [4.69, 9.17) is 10.5 Å². The van der Waals surface area contributed by atoms with Crippen LogP contribution in [0.3, 0.4) is 0 Å². The Balaban J connectivity index is 2.17. The minimum Gasteiger partial charge on any atom is -0.491 e. The van der Waals surface area contributed by atoms with Crippen LogP contribution in [0.15, 0.2) is 53.0 Å². The van der Waals surface area contributed by atoms with Crippen LogP contribution in [0.5, 0.6) is 5.75 Å². The molecule has 0 fully saturated rings. The maximum absolute atomic E-state index is 5.99. The van der Waals surface area contributed by atoms with Gasteiger partial charge in [-0.05, 0) is 56.1 Å². The number of nitrogens with two attached hydrogens (primary N) is 1. The van der Waals surface area contributed by atoms with Crippen LogP contribution in [0.1, 0.15) is 30.9 Å². The van der Waals surface area contributed by atoms with E-state index < -0.39 is 0 Å². The number of benzene rings is 2. The van der Waals surface area contributed by atoms with Gasteiger partial charge in [0.25, 0.3) is 0 Å². The summed E-state index contributed by atoms with van der Waals surface area (Å²) in [7, 11) is 0. The number of halogens is 1. The molecule has 0 radical (unpaired) electrons. The van der Waals surface area contributed by atoms with E-state index in [9.17, 15) is 0 Å². The summed E-state index contributed by atoms with van der Waals surface area (Å²) in [6.07, 6.45) is 1.10. The van der Waals surface area contributed by atoms with E-state index >= 15 is 0 Å². The molecule has 1 atom stereocenters. The summed E-state index contributed by atoms with van der Waals surface area (Å²) in [5.74, 6) is 1.22. The summed E-state index contributed by atoms with van der Waals surface area (Å²) in [4.78, 5) is 0. The van der Waals surface area contributed by atoms with Crippen LogP contribution in [0, 0.1) is 0 Å². The van der Waals surface area contributed by atoms with E-state index in [0.29, 0.717) is 12.5 Å². The lowest BCUT2D eigenvalue weighted by Crippen LogP contribution is -2.15. The summed E-state index contributed by atoms with van der Waals surface area (Å²) in [6, 6.07) is 16.6. The summed E-state index contributed by atoms with van der Waals surface area (Å²) in [5.41, 5.74) is 8.50. The molecule has 2 nitrogen and oxygen atoms in total. The van der Waals surface area contributed by atoms with Crippen molar-refractivity contribution < 1.29 is 4.74 Å². The fraction of sp³-hybridized carbons (Fsp3) is 0.333. The minimum atomic E-state index is 0.189. The zero-order chi connectivity index (χ0) is 15.2. The van der Waals surface area contributed by atoms with Gasteiger partial charge >= 0.3 is 0 Å². The third kappa shape index (κ3) is 4.58. The first-order valence-corrected chi connectivity index (χ1v) is 8.09. The molecule has 0 aliphatic rings. The Hall–Kier alpha value is -1.32. The molecular formula is C18H22BrNO.